The van der Waals surface area contributed by atoms with Gasteiger partial charge in [0.15, 0.2) is 0 Å². The second-order valence-corrected chi connectivity index (χ2v) is 5.85. The van der Waals surface area contributed by atoms with Gasteiger partial charge >= 0.3 is 0 Å². The molecule has 0 bridgehead atoms. The molecule has 0 aliphatic heterocycles. The van der Waals surface area contributed by atoms with Gasteiger partial charge in [-0.1, -0.05) is 32.9 Å². The topological polar surface area (TPSA) is 24.9 Å². The number of nitrogens with zero attached hydrogens (tertiary/aromatic N) is 1. The Morgan fingerprint density at radius 2 is 1.95 bits per heavy atom. The van der Waals surface area contributed by atoms with Crippen LogP contribution in [0.15, 0.2) is 30.3 Å². The van der Waals surface area contributed by atoms with Gasteiger partial charge in [0.25, 0.3) is 0 Å². The first-order chi connectivity index (χ1) is 9.03. The van der Waals surface area contributed by atoms with Crippen molar-refractivity contribution in [2.24, 2.45) is 0 Å². The highest BCUT2D eigenvalue weighted by atomic mass is 14.8. The third kappa shape index (κ3) is 3.32. The second-order valence-electron chi connectivity index (χ2n) is 5.85. The van der Waals surface area contributed by atoms with Crippen LogP contribution in [0.1, 0.15) is 38.4 Å². The van der Waals surface area contributed by atoms with Crippen LogP contribution in [0.25, 0.3) is 10.9 Å². The monoisotopic (exact) mass is 256 g/mol. The minimum Gasteiger partial charge on any atom is -0.317 e. The normalized spacial score (nSPS) is 12.0. The molecule has 2 aromatic rings. The molecule has 2 nitrogen and oxygen atoms in total. The fourth-order valence-corrected chi connectivity index (χ4v) is 2.37. The highest BCUT2D eigenvalue weighted by Gasteiger charge is 2.20. The fraction of sp³-hybridized carbons (Fsp3) is 0.471. The number of nitrogens with one attached hydrogen (secondary N) is 1. The molecule has 0 atom stereocenters. The van der Waals surface area contributed by atoms with Gasteiger partial charge in [-0.2, -0.15) is 0 Å². The van der Waals surface area contributed by atoms with Crippen LogP contribution in [-0.4, -0.2) is 18.1 Å². The Labute approximate surface area is 116 Å². The van der Waals surface area contributed by atoms with E-state index in [-0.39, 0.29) is 5.41 Å². The van der Waals surface area contributed by atoms with Gasteiger partial charge in [0.05, 0.1) is 5.52 Å². The van der Waals surface area contributed by atoms with Crippen LogP contribution in [0.5, 0.6) is 0 Å². The van der Waals surface area contributed by atoms with E-state index >= 15 is 0 Å². The molecule has 102 valence electrons. The Morgan fingerprint density at radius 1 is 1.16 bits per heavy atom. The first kappa shape index (κ1) is 14.0. The summed E-state index contributed by atoms with van der Waals surface area (Å²) in [6, 6.07) is 10.9. The molecule has 0 saturated carbocycles. The average molecular weight is 256 g/mol. The molecule has 19 heavy (non-hydrogen) atoms. The molecule has 0 saturated heterocycles. The molecule has 0 unspecified atom stereocenters. The van der Waals surface area contributed by atoms with E-state index in [0.717, 1.165) is 30.7 Å². The van der Waals surface area contributed by atoms with Crippen LogP contribution in [0.2, 0.25) is 0 Å². The van der Waals surface area contributed by atoms with Gasteiger partial charge in [0.1, 0.15) is 0 Å². The summed E-state index contributed by atoms with van der Waals surface area (Å²) in [6.45, 7) is 10.9. The molecule has 1 aromatic carbocycles. The Hall–Kier alpha value is -1.41. The van der Waals surface area contributed by atoms with Crippen molar-refractivity contribution in [3.8, 4) is 0 Å². The lowest BCUT2D eigenvalue weighted by atomic mass is 9.81. The number of fused-ring (bicyclic) bond motifs is 1. The van der Waals surface area contributed by atoms with E-state index in [1.165, 1.54) is 10.9 Å². The molecule has 1 N–H and O–H groups in total. The molecular formula is C17H24N2. The van der Waals surface area contributed by atoms with Gasteiger partial charge < -0.3 is 5.32 Å². The van der Waals surface area contributed by atoms with Crippen molar-refractivity contribution in [2.75, 3.05) is 13.1 Å². The van der Waals surface area contributed by atoms with Crippen molar-refractivity contribution in [3.05, 3.63) is 41.6 Å². The lowest BCUT2D eigenvalue weighted by Gasteiger charge is -2.25. The molecule has 2 heteroatoms. The number of benzene rings is 1. The van der Waals surface area contributed by atoms with Crippen molar-refractivity contribution < 1.29 is 0 Å². The summed E-state index contributed by atoms with van der Waals surface area (Å²) in [5.41, 5.74) is 3.75. The zero-order valence-corrected chi connectivity index (χ0v) is 12.5. The quantitative estimate of drug-likeness (QED) is 0.823. The van der Waals surface area contributed by atoms with Gasteiger partial charge in [0.2, 0.25) is 0 Å². The van der Waals surface area contributed by atoms with Crippen LogP contribution >= 0.6 is 0 Å². The maximum Gasteiger partial charge on any atom is 0.0705 e. The molecule has 0 aliphatic carbocycles. The molecule has 1 heterocycles. The Bertz CT molecular complexity index is 558. The SMILES string of the molecule is CCNCCC(C)(C)c1ccc2nc(C)ccc2c1. The van der Waals surface area contributed by atoms with Crippen molar-refractivity contribution in [1.82, 2.24) is 10.3 Å². The second kappa shape index (κ2) is 5.70. The number of aromatic nitrogens is 1. The van der Waals surface area contributed by atoms with Crippen LogP contribution in [0.4, 0.5) is 0 Å². The van der Waals surface area contributed by atoms with Crippen molar-refractivity contribution >= 4 is 10.9 Å². The minimum atomic E-state index is 0.196. The van der Waals surface area contributed by atoms with E-state index in [0.29, 0.717) is 0 Å². The molecule has 0 aliphatic rings. The van der Waals surface area contributed by atoms with Crippen LogP contribution < -0.4 is 5.32 Å². The zero-order valence-electron chi connectivity index (χ0n) is 12.5. The summed E-state index contributed by atoms with van der Waals surface area (Å²) in [7, 11) is 0. The predicted molar refractivity (Wildman–Crippen MR) is 82.7 cm³/mol. The number of pyridine rings is 1. The smallest absolute Gasteiger partial charge is 0.0705 e. The Balaban J connectivity index is 2.26. The van der Waals surface area contributed by atoms with Crippen LogP contribution in [0, 0.1) is 6.92 Å². The minimum absolute atomic E-state index is 0.196. The highest BCUT2D eigenvalue weighted by molar-refractivity contribution is 5.79. The molecule has 1 aromatic heterocycles. The average Bonchev–Trinajstić information content (AvgIpc) is 2.38. The van der Waals surface area contributed by atoms with Crippen molar-refractivity contribution in [3.63, 3.8) is 0 Å². The first-order valence-electron chi connectivity index (χ1n) is 7.11. The lowest BCUT2D eigenvalue weighted by molar-refractivity contribution is 0.461. The standard InChI is InChI=1S/C17H24N2/c1-5-18-11-10-17(3,4)15-8-9-16-14(12-15)7-6-13(2)19-16/h6-9,12,18H,5,10-11H2,1-4H3. The number of hydrogen-bond donors (Lipinski definition) is 1. The zero-order chi connectivity index (χ0) is 13.9. The summed E-state index contributed by atoms with van der Waals surface area (Å²) >= 11 is 0. The number of aryl methyl sites for hydroxylation is 1. The number of hydrogen-bond acceptors (Lipinski definition) is 2. The predicted octanol–water partition coefficient (Wildman–Crippen LogP) is 3.82. The highest BCUT2D eigenvalue weighted by Crippen LogP contribution is 2.29. The summed E-state index contributed by atoms with van der Waals surface area (Å²) in [5, 5.41) is 4.64. The third-order valence-electron chi connectivity index (χ3n) is 3.79. The van der Waals surface area contributed by atoms with Crippen LogP contribution in [0.3, 0.4) is 0 Å². The summed E-state index contributed by atoms with van der Waals surface area (Å²) in [5.74, 6) is 0. The Morgan fingerprint density at radius 3 is 2.68 bits per heavy atom. The molecule has 2 rings (SSSR count). The maximum absolute atomic E-state index is 4.56. The lowest BCUT2D eigenvalue weighted by Crippen LogP contribution is -2.25. The van der Waals surface area contributed by atoms with E-state index < -0.39 is 0 Å². The molecule has 0 amide bonds. The first-order valence-corrected chi connectivity index (χ1v) is 7.11. The van der Waals surface area contributed by atoms with E-state index in [1.807, 2.05) is 6.92 Å². The summed E-state index contributed by atoms with van der Waals surface area (Å²) in [4.78, 5) is 4.56. The van der Waals surface area contributed by atoms with Crippen LogP contribution in [-0.2, 0) is 5.41 Å². The summed E-state index contributed by atoms with van der Waals surface area (Å²) in [6.07, 6.45) is 1.14. The fourth-order valence-electron chi connectivity index (χ4n) is 2.37. The van der Waals surface area contributed by atoms with Crippen molar-refractivity contribution in [1.29, 1.82) is 0 Å². The largest absolute Gasteiger partial charge is 0.317 e. The summed E-state index contributed by atoms with van der Waals surface area (Å²) < 4.78 is 0. The van der Waals surface area contributed by atoms with E-state index in [9.17, 15) is 0 Å². The van der Waals surface area contributed by atoms with E-state index in [1.54, 1.807) is 0 Å². The molecule has 0 fully saturated rings. The maximum atomic E-state index is 4.56. The number of rotatable bonds is 5. The van der Waals surface area contributed by atoms with Gasteiger partial charge in [-0.15, -0.1) is 0 Å². The third-order valence-corrected chi connectivity index (χ3v) is 3.79. The van der Waals surface area contributed by atoms with Crippen molar-refractivity contribution in [2.45, 2.75) is 39.5 Å². The van der Waals surface area contributed by atoms with Gasteiger partial charge in [-0.25, -0.2) is 0 Å². The van der Waals surface area contributed by atoms with Gasteiger partial charge in [-0.05, 0) is 55.6 Å². The van der Waals surface area contributed by atoms with Gasteiger partial charge in [0, 0.05) is 11.1 Å². The molecular weight excluding hydrogens is 232 g/mol. The van der Waals surface area contributed by atoms with E-state index in [4.69, 9.17) is 0 Å². The Kier molecular flexibility index (Phi) is 4.20. The molecule has 0 spiro atoms. The van der Waals surface area contributed by atoms with E-state index in [2.05, 4.69) is 61.4 Å². The molecule has 0 radical (unpaired) electrons. The van der Waals surface area contributed by atoms with Gasteiger partial charge in [-0.3, -0.25) is 4.98 Å².